The minimum absolute atomic E-state index is 0.118. The number of furan rings is 1. The van der Waals surface area contributed by atoms with Crippen molar-refractivity contribution in [3.8, 4) is 11.1 Å². The monoisotopic (exact) mass is 394 g/mol. The Morgan fingerprint density at radius 3 is 2.57 bits per heavy atom. The summed E-state index contributed by atoms with van der Waals surface area (Å²) in [6.45, 7) is 6.50. The van der Waals surface area contributed by atoms with Gasteiger partial charge in [-0.3, -0.25) is 0 Å². The van der Waals surface area contributed by atoms with E-state index in [1.165, 1.54) is 33.0 Å². The van der Waals surface area contributed by atoms with Crippen molar-refractivity contribution in [2.24, 2.45) is 7.05 Å². The van der Waals surface area contributed by atoms with Crippen molar-refractivity contribution < 1.29 is 8.98 Å². The van der Waals surface area contributed by atoms with E-state index >= 15 is 0 Å². The molecule has 1 aromatic carbocycles. The first-order chi connectivity index (χ1) is 14.4. The SMILES string of the molecule is CC1=c2c(oc3nc(C)ccc23)=CN(C)B1c1cc(-c2ccccc2)c(C)c[n+]1C. The highest BCUT2D eigenvalue weighted by molar-refractivity contribution is 6.85. The Morgan fingerprint density at radius 1 is 1.03 bits per heavy atom. The summed E-state index contributed by atoms with van der Waals surface area (Å²) in [5.41, 5.74) is 8.86. The summed E-state index contributed by atoms with van der Waals surface area (Å²) in [4.78, 5) is 6.84. The molecule has 0 spiro atoms. The fraction of sp³-hybridized carbons (Fsp3) is 0.200. The second kappa shape index (κ2) is 6.87. The molecule has 0 fully saturated rings. The molecule has 0 bridgehead atoms. The maximum Gasteiger partial charge on any atom is 0.399 e. The molecule has 0 atom stereocenters. The molecule has 4 nitrogen and oxygen atoms in total. The van der Waals surface area contributed by atoms with E-state index in [1.54, 1.807) is 0 Å². The zero-order valence-electron chi connectivity index (χ0n) is 18.1. The summed E-state index contributed by atoms with van der Waals surface area (Å²) in [7, 11) is 4.25. The van der Waals surface area contributed by atoms with Gasteiger partial charge in [0.2, 0.25) is 5.71 Å². The van der Waals surface area contributed by atoms with E-state index in [-0.39, 0.29) is 6.85 Å². The van der Waals surface area contributed by atoms with E-state index in [4.69, 9.17) is 4.42 Å². The predicted octanol–water partition coefficient (Wildman–Crippen LogP) is 2.23. The number of rotatable bonds is 2. The molecule has 3 aromatic heterocycles. The number of fused-ring (bicyclic) bond motifs is 3. The summed E-state index contributed by atoms with van der Waals surface area (Å²) in [5, 5.41) is 2.25. The van der Waals surface area contributed by atoms with Crippen LogP contribution in [0.2, 0.25) is 0 Å². The molecule has 4 heterocycles. The van der Waals surface area contributed by atoms with Crippen molar-refractivity contribution in [3.05, 3.63) is 76.6 Å². The van der Waals surface area contributed by atoms with E-state index in [9.17, 15) is 0 Å². The van der Waals surface area contributed by atoms with Crippen molar-refractivity contribution in [2.45, 2.75) is 20.8 Å². The zero-order valence-corrected chi connectivity index (χ0v) is 18.1. The molecule has 148 valence electrons. The smallest absolute Gasteiger partial charge is 0.399 e. The minimum atomic E-state index is 0.118. The van der Waals surface area contributed by atoms with Gasteiger partial charge in [-0.1, -0.05) is 35.8 Å². The van der Waals surface area contributed by atoms with Crippen LogP contribution in [0.1, 0.15) is 18.2 Å². The number of nitrogens with zero attached hydrogens (tertiary/aromatic N) is 3. The molecule has 30 heavy (non-hydrogen) atoms. The van der Waals surface area contributed by atoms with E-state index < -0.39 is 0 Å². The number of aryl methyl sites for hydroxylation is 3. The van der Waals surface area contributed by atoms with E-state index in [1.807, 2.05) is 6.92 Å². The Balaban J connectivity index is 1.76. The lowest BCUT2D eigenvalue weighted by Crippen LogP contribution is -2.62. The third-order valence-electron chi connectivity index (χ3n) is 6.13. The van der Waals surface area contributed by atoms with Gasteiger partial charge in [0.15, 0.2) is 17.2 Å². The molecule has 0 saturated heterocycles. The highest BCUT2D eigenvalue weighted by atomic mass is 16.3. The predicted molar refractivity (Wildman–Crippen MR) is 122 cm³/mol. The largest absolute Gasteiger partial charge is 0.436 e. The van der Waals surface area contributed by atoms with E-state index in [0.29, 0.717) is 5.71 Å². The number of benzene rings is 1. The van der Waals surface area contributed by atoms with Gasteiger partial charge >= 0.3 is 6.85 Å². The molecule has 0 radical (unpaired) electrons. The van der Waals surface area contributed by atoms with E-state index in [2.05, 4.69) is 103 Å². The summed E-state index contributed by atoms with van der Waals surface area (Å²) in [6.07, 6.45) is 4.33. The lowest BCUT2D eigenvalue weighted by molar-refractivity contribution is -0.654. The normalized spacial score (nSPS) is 13.6. The Morgan fingerprint density at radius 2 is 1.80 bits per heavy atom. The van der Waals surface area contributed by atoms with Gasteiger partial charge in [-0.25, -0.2) is 9.55 Å². The van der Waals surface area contributed by atoms with Crippen LogP contribution in [0.15, 0.2) is 59.1 Å². The molecule has 1 aliphatic heterocycles. The summed E-state index contributed by atoms with van der Waals surface area (Å²) in [6, 6.07) is 17.1. The second-order valence-electron chi connectivity index (χ2n) is 8.30. The van der Waals surface area contributed by atoms with Gasteiger partial charge in [0.05, 0.1) is 0 Å². The number of hydrogen-bond acceptors (Lipinski definition) is 3. The lowest BCUT2D eigenvalue weighted by Gasteiger charge is -2.25. The average Bonchev–Trinajstić information content (AvgIpc) is 3.07. The van der Waals surface area contributed by atoms with Crippen LogP contribution < -0.4 is 20.8 Å². The quantitative estimate of drug-likeness (QED) is 0.386. The first-order valence-electron chi connectivity index (χ1n) is 10.3. The van der Waals surface area contributed by atoms with Crippen LogP contribution in [-0.4, -0.2) is 23.7 Å². The number of hydrogen-bond donors (Lipinski definition) is 0. The standard InChI is InChI=1S/C25H25BN3O/c1-16-14-28(4)23(13-21(16)19-9-7-6-8-10-19)26-18(3)24-20-12-11-17(2)27-25(20)30-22(24)15-29(26)5/h6-15H,1-5H3/q+1. The highest BCUT2D eigenvalue weighted by Crippen LogP contribution is 2.22. The summed E-state index contributed by atoms with van der Waals surface area (Å²) >= 11 is 0. The third kappa shape index (κ3) is 2.85. The topological polar surface area (TPSA) is 33.2 Å². The van der Waals surface area contributed by atoms with Crippen LogP contribution in [0.5, 0.6) is 0 Å². The summed E-state index contributed by atoms with van der Waals surface area (Å²) in [5.74, 6) is 0. The molecule has 1 aliphatic rings. The van der Waals surface area contributed by atoms with E-state index in [0.717, 1.165) is 16.5 Å². The van der Waals surface area contributed by atoms with Crippen molar-refractivity contribution in [3.63, 3.8) is 0 Å². The van der Waals surface area contributed by atoms with Crippen LogP contribution in [0.4, 0.5) is 0 Å². The van der Waals surface area contributed by atoms with Gasteiger partial charge in [-0.05, 0) is 51.1 Å². The molecule has 4 aromatic rings. The Hall–Kier alpha value is -3.34. The lowest BCUT2D eigenvalue weighted by atomic mass is 9.49. The van der Waals surface area contributed by atoms with Crippen molar-refractivity contribution in [2.75, 3.05) is 7.05 Å². The fourth-order valence-corrected chi connectivity index (χ4v) is 4.72. The third-order valence-corrected chi connectivity index (χ3v) is 6.13. The number of aromatic nitrogens is 2. The van der Waals surface area contributed by atoms with Gasteiger partial charge in [-0.15, -0.1) is 0 Å². The molecule has 0 amide bonds. The zero-order chi connectivity index (χ0) is 21.0. The Bertz CT molecular complexity index is 1410. The summed E-state index contributed by atoms with van der Waals surface area (Å²) < 4.78 is 8.35. The maximum atomic E-state index is 6.10. The molecule has 0 aliphatic carbocycles. The highest BCUT2D eigenvalue weighted by Gasteiger charge is 2.36. The molecular formula is C25H25BN3O+. The van der Waals surface area contributed by atoms with Gasteiger partial charge < -0.3 is 9.23 Å². The van der Waals surface area contributed by atoms with Crippen LogP contribution in [-0.2, 0) is 7.05 Å². The van der Waals surface area contributed by atoms with Gasteiger partial charge in [0.1, 0.15) is 7.05 Å². The Labute approximate surface area is 176 Å². The molecule has 5 heteroatoms. The molecule has 0 N–H and O–H groups in total. The van der Waals surface area contributed by atoms with Gasteiger partial charge in [-0.2, -0.15) is 0 Å². The first-order valence-corrected chi connectivity index (χ1v) is 10.3. The first kappa shape index (κ1) is 18.7. The van der Waals surface area contributed by atoms with Gasteiger partial charge in [0.25, 0.3) is 0 Å². The Kier molecular flexibility index (Phi) is 4.28. The van der Waals surface area contributed by atoms with Crippen LogP contribution in [0.3, 0.4) is 0 Å². The second-order valence-corrected chi connectivity index (χ2v) is 8.30. The average molecular weight is 394 g/mol. The molecular weight excluding hydrogens is 369 g/mol. The molecule has 0 unspecified atom stereocenters. The molecule has 0 saturated carbocycles. The molecule has 5 rings (SSSR count). The minimum Gasteiger partial charge on any atom is -0.436 e. The van der Waals surface area contributed by atoms with Crippen LogP contribution >= 0.6 is 0 Å². The number of pyridine rings is 2. The van der Waals surface area contributed by atoms with Crippen LogP contribution in [0.25, 0.3) is 33.9 Å². The fourth-order valence-electron chi connectivity index (χ4n) is 4.72. The maximum absolute atomic E-state index is 6.10. The van der Waals surface area contributed by atoms with Crippen molar-refractivity contribution in [1.82, 2.24) is 9.79 Å². The van der Waals surface area contributed by atoms with Crippen LogP contribution in [0, 0.1) is 13.8 Å². The van der Waals surface area contributed by atoms with Crippen molar-refractivity contribution in [1.29, 1.82) is 0 Å². The van der Waals surface area contributed by atoms with Gasteiger partial charge in [0, 0.05) is 34.1 Å². The van der Waals surface area contributed by atoms with Crippen molar-refractivity contribution >= 4 is 35.2 Å².